The van der Waals surface area contributed by atoms with Gasteiger partial charge in [0.1, 0.15) is 12.3 Å². The molecule has 1 aromatic rings. The van der Waals surface area contributed by atoms with E-state index in [4.69, 9.17) is 14.6 Å². The number of carbonyl (C=O) groups excluding carboxylic acids is 2. The first-order valence-electron chi connectivity index (χ1n) is 8.55. The summed E-state index contributed by atoms with van der Waals surface area (Å²) in [7, 11) is 1.48. The SMILES string of the molecule is COC1CC(CC(=O)O)N(C(=O)CN2C(=O)COc3ccc([N+](=O)[O-])cc32)C1. The van der Waals surface area contributed by atoms with Crippen LogP contribution in [0.1, 0.15) is 12.8 Å². The van der Waals surface area contributed by atoms with Crippen molar-refractivity contribution in [3.8, 4) is 5.75 Å². The molecule has 3 rings (SSSR count). The average Bonchev–Trinajstić information content (AvgIpc) is 3.05. The molecule has 0 aromatic heterocycles. The van der Waals surface area contributed by atoms with Gasteiger partial charge in [-0.15, -0.1) is 0 Å². The van der Waals surface area contributed by atoms with Crippen molar-refractivity contribution < 1.29 is 33.9 Å². The molecular formula is C17H19N3O8. The summed E-state index contributed by atoms with van der Waals surface area (Å²) in [6.07, 6.45) is -0.139. The van der Waals surface area contributed by atoms with Gasteiger partial charge in [-0.05, 0) is 12.5 Å². The number of aliphatic carboxylic acids is 1. The lowest BCUT2D eigenvalue weighted by atomic mass is 10.1. The number of nitrogens with zero attached hydrogens (tertiary/aromatic N) is 3. The van der Waals surface area contributed by atoms with Crippen molar-refractivity contribution >= 4 is 29.2 Å². The maximum absolute atomic E-state index is 12.8. The lowest BCUT2D eigenvalue weighted by Crippen LogP contribution is -2.48. The van der Waals surface area contributed by atoms with E-state index in [1.807, 2.05) is 0 Å². The second kappa shape index (κ2) is 7.80. The van der Waals surface area contributed by atoms with Crippen molar-refractivity contribution in [3.63, 3.8) is 0 Å². The van der Waals surface area contributed by atoms with Crippen LogP contribution in [-0.2, 0) is 19.1 Å². The number of nitro groups is 1. The van der Waals surface area contributed by atoms with E-state index in [1.165, 1.54) is 30.2 Å². The van der Waals surface area contributed by atoms with E-state index in [1.54, 1.807) is 0 Å². The predicted molar refractivity (Wildman–Crippen MR) is 94.1 cm³/mol. The van der Waals surface area contributed by atoms with Crippen LogP contribution in [0.25, 0.3) is 0 Å². The number of anilines is 1. The third kappa shape index (κ3) is 3.88. The van der Waals surface area contributed by atoms with Gasteiger partial charge in [-0.3, -0.25) is 29.4 Å². The molecule has 1 aromatic carbocycles. The first kappa shape index (κ1) is 19.5. The minimum atomic E-state index is -1.04. The number of benzene rings is 1. The highest BCUT2D eigenvalue weighted by Gasteiger charge is 2.38. The van der Waals surface area contributed by atoms with Crippen molar-refractivity contribution in [2.75, 3.05) is 31.7 Å². The maximum atomic E-state index is 12.8. The largest absolute Gasteiger partial charge is 0.482 e. The highest BCUT2D eigenvalue weighted by Crippen LogP contribution is 2.35. The van der Waals surface area contributed by atoms with E-state index >= 15 is 0 Å². The fourth-order valence-corrected chi connectivity index (χ4v) is 3.45. The van der Waals surface area contributed by atoms with Gasteiger partial charge in [0, 0.05) is 31.8 Å². The van der Waals surface area contributed by atoms with Gasteiger partial charge in [0.05, 0.1) is 23.1 Å². The molecule has 2 aliphatic rings. The number of hydrogen-bond donors (Lipinski definition) is 1. The standard InChI is InChI=1S/C17H19N3O8/c1-27-12-4-11(6-17(23)24)18(7-12)15(21)8-19-13-5-10(20(25)26)2-3-14(13)28-9-16(19)22/h2-3,5,11-12H,4,6-9H2,1H3,(H,23,24). The van der Waals surface area contributed by atoms with Crippen molar-refractivity contribution in [1.82, 2.24) is 4.90 Å². The van der Waals surface area contributed by atoms with Gasteiger partial charge in [-0.25, -0.2) is 0 Å². The van der Waals surface area contributed by atoms with E-state index in [2.05, 4.69) is 0 Å². The molecular weight excluding hydrogens is 374 g/mol. The average molecular weight is 393 g/mol. The first-order chi connectivity index (χ1) is 13.3. The molecule has 11 heteroatoms. The number of carboxylic acid groups (broad SMARTS) is 1. The van der Waals surface area contributed by atoms with Crippen LogP contribution in [0.2, 0.25) is 0 Å². The number of ether oxygens (including phenoxy) is 2. The molecule has 2 heterocycles. The zero-order valence-corrected chi connectivity index (χ0v) is 15.1. The molecule has 0 bridgehead atoms. The van der Waals surface area contributed by atoms with E-state index in [9.17, 15) is 24.5 Å². The van der Waals surface area contributed by atoms with Crippen LogP contribution in [0.15, 0.2) is 18.2 Å². The highest BCUT2D eigenvalue weighted by molar-refractivity contribution is 6.02. The molecule has 28 heavy (non-hydrogen) atoms. The Balaban J connectivity index is 1.83. The van der Waals surface area contributed by atoms with Gasteiger partial charge in [-0.1, -0.05) is 0 Å². The van der Waals surface area contributed by atoms with Crippen molar-refractivity contribution in [3.05, 3.63) is 28.3 Å². The number of nitro benzene ring substituents is 1. The van der Waals surface area contributed by atoms with Gasteiger partial charge < -0.3 is 19.5 Å². The Morgan fingerprint density at radius 2 is 2.18 bits per heavy atom. The number of fused-ring (bicyclic) bond motifs is 1. The van der Waals surface area contributed by atoms with E-state index < -0.39 is 28.7 Å². The summed E-state index contributed by atoms with van der Waals surface area (Å²) < 4.78 is 10.5. The fourth-order valence-electron chi connectivity index (χ4n) is 3.45. The van der Waals surface area contributed by atoms with Gasteiger partial charge in [-0.2, -0.15) is 0 Å². The molecule has 0 radical (unpaired) electrons. The zero-order chi connectivity index (χ0) is 20.4. The number of amides is 2. The number of non-ortho nitro benzene ring substituents is 1. The monoisotopic (exact) mass is 393 g/mol. The molecule has 1 fully saturated rings. The molecule has 2 unspecified atom stereocenters. The van der Waals surface area contributed by atoms with Crippen molar-refractivity contribution in [2.24, 2.45) is 0 Å². The molecule has 11 nitrogen and oxygen atoms in total. The van der Waals surface area contributed by atoms with E-state index in [0.717, 1.165) is 4.90 Å². The van der Waals surface area contributed by atoms with Crippen molar-refractivity contribution in [1.29, 1.82) is 0 Å². The Morgan fingerprint density at radius 1 is 1.43 bits per heavy atom. The Morgan fingerprint density at radius 3 is 2.82 bits per heavy atom. The minimum Gasteiger partial charge on any atom is -0.482 e. The van der Waals surface area contributed by atoms with Gasteiger partial charge in [0.25, 0.3) is 11.6 Å². The number of methoxy groups -OCH3 is 1. The van der Waals surface area contributed by atoms with Crippen molar-refractivity contribution in [2.45, 2.75) is 25.0 Å². The number of hydrogen-bond acceptors (Lipinski definition) is 7. The lowest BCUT2D eigenvalue weighted by molar-refractivity contribution is -0.384. The molecule has 150 valence electrons. The number of rotatable bonds is 6. The molecule has 0 aliphatic carbocycles. The summed E-state index contributed by atoms with van der Waals surface area (Å²) in [6.45, 7) is -0.451. The molecule has 0 saturated carbocycles. The van der Waals surface area contributed by atoms with Gasteiger partial charge in [0.15, 0.2) is 6.61 Å². The highest BCUT2D eigenvalue weighted by atomic mass is 16.6. The van der Waals surface area contributed by atoms with Crippen LogP contribution in [0, 0.1) is 10.1 Å². The lowest BCUT2D eigenvalue weighted by Gasteiger charge is -2.31. The first-order valence-corrected chi connectivity index (χ1v) is 8.55. The zero-order valence-electron chi connectivity index (χ0n) is 15.1. The molecule has 1 N–H and O–H groups in total. The Hall–Kier alpha value is -3.21. The summed E-state index contributed by atoms with van der Waals surface area (Å²) in [5.41, 5.74) is -0.102. The van der Waals surface area contributed by atoms with Crippen LogP contribution < -0.4 is 9.64 Å². The summed E-state index contributed by atoms with van der Waals surface area (Å²) in [5, 5.41) is 20.1. The van der Waals surface area contributed by atoms with Gasteiger partial charge in [0.2, 0.25) is 5.91 Å². The number of likely N-dealkylation sites (tertiary alicyclic amines) is 1. The molecule has 2 aliphatic heterocycles. The quantitative estimate of drug-likeness (QED) is 0.541. The third-order valence-corrected chi connectivity index (χ3v) is 4.83. The second-order valence-electron chi connectivity index (χ2n) is 6.57. The fraction of sp³-hybridized carbons (Fsp3) is 0.471. The van der Waals surface area contributed by atoms with Crippen LogP contribution in [0.4, 0.5) is 11.4 Å². The Bertz CT molecular complexity index is 827. The van der Waals surface area contributed by atoms with Crippen LogP contribution in [0.3, 0.4) is 0 Å². The molecule has 2 amide bonds. The van der Waals surface area contributed by atoms with E-state index in [0.29, 0.717) is 6.42 Å². The van der Waals surface area contributed by atoms with Crippen LogP contribution in [-0.4, -0.2) is 71.7 Å². The van der Waals surface area contributed by atoms with Crippen LogP contribution >= 0.6 is 0 Å². The summed E-state index contributed by atoms with van der Waals surface area (Å²) in [6, 6.07) is 3.26. The van der Waals surface area contributed by atoms with E-state index in [-0.39, 0.29) is 49.3 Å². The summed E-state index contributed by atoms with van der Waals surface area (Å²) in [4.78, 5) is 49.2. The molecule has 0 spiro atoms. The Labute approximate surface area is 159 Å². The summed E-state index contributed by atoms with van der Waals surface area (Å²) in [5.74, 6) is -1.75. The normalized spacial score (nSPS) is 21.2. The van der Waals surface area contributed by atoms with Gasteiger partial charge >= 0.3 is 5.97 Å². The molecule has 1 saturated heterocycles. The summed E-state index contributed by atoms with van der Waals surface area (Å²) >= 11 is 0. The Kier molecular flexibility index (Phi) is 5.45. The number of carbonyl (C=O) groups is 3. The second-order valence-corrected chi connectivity index (χ2v) is 6.57. The maximum Gasteiger partial charge on any atom is 0.305 e. The molecule has 2 atom stereocenters. The predicted octanol–water partition coefficient (Wildman–Crippen LogP) is 0.411. The third-order valence-electron chi connectivity index (χ3n) is 4.83. The topological polar surface area (TPSA) is 140 Å². The minimum absolute atomic E-state index is 0.135. The smallest absolute Gasteiger partial charge is 0.305 e. The number of carboxylic acids is 1. The van der Waals surface area contributed by atoms with Crippen LogP contribution in [0.5, 0.6) is 5.75 Å².